The van der Waals surface area contributed by atoms with Crippen LogP contribution in [-0.4, -0.2) is 34.1 Å². The van der Waals surface area contributed by atoms with Gasteiger partial charge in [-0.25, -0.2) is 9.69 Å². The lowest BCUT2D eigenvalue weighted by molar-refractivity contribution is -0.124. The molecule has 2 aromatic rings. The molecule has 1 atom stereocenters. The Morgan fingerprint density at radius 3 is 2.64 bits per heavy atom. The first-order valence-corrected chi connectivity index (χ1v) is 7.76. The summed E-state index contributed by atoms with van der Waals surface area (Å²) in [5.41, 5.74) is 0.589. The van der Waals surface area contributed by atoms with Gasteiger partial charge in [0.2, 0.25) is 0 Å². The minimum atomic E-state index is -0.296. The van der Waals surface area contributed by atoms with Gasteiger partial charge < -0.3 is 9.42 Å². The number of hydrogen-bond donors (Lipinski definition) is 0. The number of anilines is 1. The number of piperidine rings is 2. The third-order valence-electron chi connectivity index (χ3n) is 5.34. The summed E-state index contributed by atoms with van der Waals surface area (Å²) in [5.74, 6) is 0.488. The quantitative estimate of drug-likeness (QED) is 0.759. The zero-order valence-corrected chi connectivity index (χ0v) is 11.9. The molecule has 1 aliphatic carbocycles. The number of hydrogen-bond acceptors (Lipinski definition) is 4. The van der Waals surface area contributed by atoms with E-state index in [1.165, 1.54) is 4.90 Å². The van der Waals surface area contributed by atoms with Gasteiger partial charge in [0.05, 0.1) is 5.39 Å². The van der Waals surface area contributed by atoms with Crippen LogP contribution in [0.2, 0.25) is 0 Å². The van der Waals surface area contributed by atoms with Crippen LogP contribution in [0, 0.1) is 5.92 Å². The molecule has 2 bridgehead atoms. The average Bonchev–Trinajstić information content (AvgIpc) is 3.10. The Bertz CT molecular complexity index is 761. The van der Waals surface area contributed by atoms with E-state index in [-0.39, 0.29) is 24.0 Å². The number of imide groups is 1. The normalized spacial score (nSPS) is 30.5. The molecule has 4 aliphatic rings. The molecule has 0 N–H and O–H groups in total. The fourth-order valence-corrected chi connectivity index (χ4v) is 4.32. The van der Waals surface area contributed by atoms with Gasteiger partial charge in [0.25, 0.3) is 5.91 Å². The van der Waals surface area contributed by atoms with E-state index in [0.717, 1.165) is 25.7 Å². The number of para-hydroxylation sites is 1. The first-order chi connectivity index (χ1) is 10.8. The van der Waals surface area contributed by atoms with Gasteiger partial charge in [0.1, 0.15) is 6.04 Å². The highest BCUT2D eigenvalue weighted by Gasteiger charge is 2.57. The van der Waals surface area contributed by atoms with Gasteiger partial charge >= 0.3 is 6.03 Å². The zero-order valence-electron chi connectivity index (χ0n) is 11.9. The van der Waals surface area contributed by atoms with E-state index in [2.05, 4.69) is 5.16 Å². The molecular formula is C16H15N3O3. The van der Waals surface area contributed by atoms with Crippen LogP contribution in [0.1, 0.15) is 25.7 Å². The van der Waals surface area contributed by atoms with Crippen molar-refractivity contribution in [1.82, 2.24) is 10.1 Å². The molecule has 0 unspecified atom stereocenters. The number of urea groups is 1. The van der Waals surface area contributed by atoms with Gasteiger partial charge in [0, 0.05) is 6.04 Å². The van der Waals surface area contributed by atoms with Crippen LogP contribution in [0.15, 0.2) is 28.8 Å². The highest BCUT2D eigenvalue weighted by molar-refractivity contribution is 6.23. The van der Waals surface area contributed by atoms with E-state index in [0.29, 0.717) is 22.7 Å². The Balaban J connectivity index is 1.64. The van der Waals surface area contributed by atoms with Gasteiger partial charge in [-0.1, -0.05) is 17.3 Å². The first kappa shape index (κ1) is 12.2. The van der Waals surface area contributed by atoms with Crippen molar-refractivity contribution in [2.24, 2.45) is 5.92 Å². The predicted molar refractivity (Wildman–Crippen MR) is 78.3 cm³/mol. The Labute approximate surface area is 126 Å². The third-order valence-corrected chi connectivity index (χ3v) is 5.34. The van der Waals surface area contributed by atoms with Crippen molar-refractivity contribution in [2.45, 2.75) is 37.8 Å². The van der Waals surface area contributed by atoms with Crippen LogP contribution in [0.25, 0.3) is 11.0 Å². The van der Waals surface area contributed by atoms with Crippen molar-refractivity contribution < 1.29 is 14.1 Å². The van der Waals surface area contributed by atoms with Crippen LogP contribution >= 0.6 is 0 Å². The molecule has 0 spiro atoms. The molecule has 112 valence electrons. The maximum Gasteiger partial charge on any atom is 0.333 e. The summed E-state index contributed by atoms with van der Waals surface area (Å²) >= 11 is 0. The van der Waals surface area contributed by atoms with E-state index >= 15 is 0 Å². The molecule has 6 heteroatoms. The maximum absolute atomic E-state index is 12.9. The monoisotopic (exact) mass is 297 g/mol. The highest BCUT2D eigenvalue weighted by Crippen LogP contribution is 2.45. The largest absolute Gasteiger partial charge is 0.354 e. The number of carbonyl (C=O) groups is 2. The lowest BCUT2D eigenvalue weighted by atomic mass is 9.75. The molecule has 0 radical (unpaired) electrons. The number of carbonyl (C=O) groups excluding carboxylic acids is 2. The number of aromatic nitrogens is 1. The molecule has 6 nitrogen and oxygen atoms in total. The molecule has 1 aromatic carbocycles. The molecule has 1 saturated carbocycles. The second-order valence-corrected chi connectivity index (χ2v) is 6.38. The van der Waals surface area contributed by atoms with Crippen molar-refractivity contribution in [3.8, 4) is 0 Å². The number of amides is 3. The number of nitrogens with zero attached hydrogens (tertiary/aromatic N) is 3. The van der Waals surface area contributed by atoms with Crippen molar-refractivity contribution in [3.63, 3.8) is 0 Å². The molecule has 6 rings (SSSR count). The van der Waals surface area contributed by atoms with Crippen LogP contribution < -0.4 is 4.90 Å². The average molecular weight is 297 g/mol. The van der Waals surface area contributed by atoms with Crippen LogP contribution in [0.5, 0.6) is 0 Å². The molecular weight excluding hydrogens is 282 g/mol. The Morgan fingerprint density at radius 2 is 1.86 bits per heavy atom. The minimum absolute atomic E-state index is 0.140. The smallest absolute Gasteiger partial charge is 0.333 e. The Morgan fingerprint density at radius 1 is 1.09 bits per heavy atom. The molecule has 22 heavy (non-hydrogen) atoms. The Hall–Kier alpha value is -2.37. The van der Waals surface area contributed by atoms with Crippen molar-refractivity contribution in [1.29, 1.82) is 0 Å². The van der Waals surface area contributed by atoms with Gasteiger partial charge in [-0.15, -0.1) is 0 Å². The number of rotatable bonds is 1. The van der Waals surface area contributed by atoms with Crippen molar-refractivity contribution >= 4 is 28.7 Å². The lowest BCUT2D eigenvalue weighted by Crippen LogP contribution is -2.54. The third kappa shape index (κ3) is 1.37. The molecule has 1 aromatic heterocycles. The summed E-state index contributed by atoms with van der Waals surface area (Å²) in [7, 11) is 0. The summed E-state index contributed by atoms with van der Waals surface area (Å²) in [6.07, 6.45) is 4.09. The lowest BCUT2D eigenvalue weighted by Gasteiger charge is -2.45. The van der Waals surface area contributed by atoms with Gasteiger partial charge in [0.15, 0.2) is 11.4 Å². The summed E-state index contributed by atoms with van der Waals surface area (Å²) in [6, 6.07) is 6.98. The molecule has 3 aliphatic heterocycles. The molecule has 4 fully saturated rings. The topological polar surface area (TPSA) is 66.7 Å². The van der Waals surface area contributed by atoms with Crippen molar-refractivity contribution in [3.05, 3.63) is 24.3 Å². The maximum atomic E-state index is 12.9. The summed E-state index contributed by atoms with van der Waals surface area (Å²) in [4.78, 5) is 28.7. The SMILES string of the molecule is O=C1[C@@H]2C3CCC(CC3)N2C(=O)N1c1noc2ccccc12. The summed E-state index contributed by atoms with van der Waals surface area (Å²) in [6.45, 7) is 0. The number of fused-ring (bicyclic) bond motifs is 3. The fourth-order valence-electron chi connectivity index (χ4n) is 4.32. The molecule has 3 saturated heterocycles. The van der Waals surface area contributed by atoms with E-state index in [9.17, 15) is 9.59 Å². The second kappa shape index (κ2) is 4.09. The van der Waals surface area contributed by atoms with E-state index < -0.39 is 0 Å². The fraction of sp³-hybridized carbons (Fsp3) is 0.438. The van der Waals surface area contributed by atoms with Gasteiger partial charge in [-0.2, -0.15) is 0 Å². The van der Waals surface area contributed by atoms with Crippen molar-refractivity contribution in [2.75, 3.05) is 4.90 Å². The zero-order chi connectivity index (χ0) is 14.8. The molecule has 4 heterocycles. The highest BCUT2D eigenvalue weighted by atomic mass is 16.5. The first-order valence-electron chi connectivity index (χ1n) is 7.76. The van der Waals surface area contributed by atoms with Gasteiger partial charge in [-0.05, 0) is 43.7 Å². The predicted octanol–water partition coefficient (Wildman–Crippen LogP) is 2.54. The minimum Gasteiger partial charge on any atom is -0.354 e. The summed E-state index contributed by atoms with van der Waals surface area (Å²) < 4.78 is 5.27. The second-order valence-electron chi connectivity index (χ2n) is 6.38. The van der Waals surface area contributed by atoms with E-state index in [4.69, 9.17) is 4.52 Å². The standard InChI is InChI=1S/C16H15N3O3/c20-15-13-9-5-7-10(8-6-9)18(13)16(21)19(15)14-11-3-1-2-4-12(11)22-17-14/h1-4,9-10,13H,5-8H2/t9?,10?,13-/m0/s1. The van der Waals surface area contributed by atoms with Gasteiger partial charge in [-0.3, -0.25) is 4.79 Å². The summed E-state index contributed by atoms with van der Waals surface area (Å²) in [5, 5.41) is 4.69. The van der Waals surface area contributed by atoms with Crippen LogP contribution in [0.3, 0.4) is 0 Å². The number of benzene rings is 1. The van der Waals surface area contributed by atoms with Crippen LogP contribution in [-0.2, 0) is 4.79 Å². The Kier molecular flexibility index (Phi) is 2.27. The van der Waals surface area contributed by atoms with E-state index in [1.807, 2.05) is 18.2 Å². The molecule has 3 amide bonds. The van der Waals surface area contributed by atoms with Crippen LogP contribution in [0.4, 0.5) is 10.6 Å². The van der Waals surface area contributed by atoms with E-state index in [1.54, 1.807) is 11.0 Å².